The van der Waals surface area contributed by atoms with Crippen LogP contribution in [0.15, 0.2) is 60.7 Å². The highest BCUT2D eigenvalue weighted by atomic mass is 19.2. The van der Waals surface area contributed by atoms with E-state index in [1.807, 2.05) is 37.3 Å². The molecule has 1 aromatic heterocycles. The van der Waals surface area contributed by atoms with Crippen LogP contribution in [0.2, 0.25) is 0 Å². The van der Waals surface area contributed by atoms with Crippen LogP contribution in [-0.2, 0) is 6.54 Å². The first-order chi connectivity index (χ1) is 13.1. The lowest BCUT2D eigenvalue weighted by atomic mass is 10.2. The van der Waals surface area contributed by atoms with Crippen LogP contribution in [0, 0.1) is 11.6 Å². The molecule has 0 spiro atoms. The van der Waals surface area contributed by atoms with Gasteiger partial charge in [0.15, 0.2) is 23.1 Å². The van der Waals surface area contributed by atoms with Crippen LogP contribution in [0.4, 0.5) is 20.3 Å². The summed E-state index contributed by atoms with van der Waals surface area (Å²) in [7, 11) is 0. The second-order valence-electron chi connectivity index (χ2n) is 5.86. The van der Waals surface area contributed by atoms with Gasteiger partial charge in [-0.25, -0.2) is 8.78 Å². The molecule has 3 rings (SSSR count). The van der Waals surface area contributed by atoms with E-state index < -0.39 is 11.6 Å². The minimum absolute atomic E-state index is 0.212. The largest absolute Gasteiger partial charge is 0.339 e. The Morgan fingerprint density at radius 3 is 2.41 bits per heavy atom. The van der Waals surface area contributed by atoms with Gasteiger partial charge in [0.1, 0.15) is 0 Å². The molecule has 0 radical (unpaired) electrons. The van der Waals surface area contributed by atoms with Crippen LogP contribution in [0.25, 0.3) is 0 Å². The molecule has 0 saturated carbocycles. The van der Waals surface area contributed by atoms with Crippen molar-refractivity contribution in [2.24, 2.45) is 0 Å². The molecule has 5 nitrogen and oxygen atoms in total. The fourth-order valence-corrected chi connectivity index (χ4v) is 2.53. The van der Waals surface area contributed by atoms with Crippen molar-refractivity contribution in [3.8, 4) is 0 Å². The SMILES string of the molecule is CCN(Cc1ccccc1)C(=O)c1ccc(Nc2ccc(F)c(F)c2)nn1. The summed E-state index contributed by atoms with van der Waals surface area (Å²) >= 11 is 0. The smallest absolute Gasteiger partial charge is 0.274 e. The number of rotatable bonds is 6. The average molecular weight is 368 g/mol. The molecule has 0 unspecified atom stereocenters. The topological polar surface area (TPSA) is 58.1 Å². The van der Waals surface area contributed by atoms with Crippen LogP contribution in [0.5, 0.6) is 0 Å². The summed E-state index contributed by atoms with van der Waals surface area (Å²) in [6, 6.07) is 16.2. The Morgan fingerprint density at radius 1 is 1.00 bits per heavy atom. The number of nitrogens with zero attached hydrogens (tertiary/aromatic N) is 3. The molecule has 0 bridgehead atoms. The normalized spacial score (nSPS) is 10.5. The maximum Gasteiger partial charge on any atom is 0.274 e. The number of hydrogen-bond donors (Lipinski definition) is 1. The molecule has 0 atom stereocenters. The second kappa shape index (κ2) is 8.35. The number of benzene rings is 2. The second-order valence-corrected chi connectivity index (χ2v) is 5.86. The van der Waals surface area contributed by atoms with Gasteiger partial charge in [-0.15, -0.1) is 10.2 Å². The molecule has 27 heavy (non-hydrogen) atoms. The zero-order valence-electron chi connectivity index (χ0n) is 14.7. The molecule has 1 heterocycles. The Kier molecular flexibility index (Phi) is 5.71. The lowest BCUT2D eigenvalue weighted by molar-refractivity contribution is 0.0745. The summed E-state index contributed by atoms with van der Waals surface area (Å²) in [5, 5.41) is 10.7. The number of nitrogens with one attached hydrogen (secondary N) is 1. The van der Waals surface area contributed by atoms with E-state index in [9.17, 15) is 13.6 Å². The molecule has 0 aliphatic rings. The van der Waals surface area contributed by atoms with Crippen LogP contribution < -0.4 is 5.32 Å². The lowest BCUT2D eigenvalue weighted by Crippen LogP contribution is -2.31. The summed E-state index contributed by atoms with van der Waals surface area (Å²) < 4.78 is 26.2. The molecular formula is C20H18F2N4O. The van der Waals surface area contributed by atoms with Gasteiger partial charge < -0.3 is 10.2 Å². The van der Waals surface area contributed by atoms with Gasteiger partial charge in [0.25, 0.3) is 5.91 Å². The Labute approximate surface area is 155 Å². The predicted octanol–water partition coefficient (Wildman–Crippen LogP) is 4.16. The average Bonchev–Trinajstić information content (AvgIpc) is 2.70. The zero-order valence-corrected chi connectivity index (χ0v) is 14.7. The molecule has 1 amide bonds. The highest BCUT2D eigenvalue weighted by molar-refractivity contribution is 5.92. The van der Waals surface area contributed by atoms with Crippen molar-refractivity contribution >= 4 is 17.4 Å². The van der Waals surface area contributed by atoms with E-state index in [1.165, 1.54) is 6.07 Å². The fraction of sp³-hybridized carbons (Fsp3) is 0.150. The van der Waals surface area contributed by atoms with E-state index in [2.05, 4.69) is 15.5 Å². The third kappa shape index (κ3) is 4.63. The Bertz CT molecular complexity index is 917. The maximum atomic E-state index is 13.3. The molecule has 0 fully saturated rings. The number of carbonyl (C=O) groups is 1. The number of aromatic nitrogens is 2. The third-order valence-corrected chi connectivity index (χ3v) is 3.96. The number of hydrogen-bond acceptors (Lipinski definition) is 4. The standard InChI is InChI=1S/C20H18F2N4O/c1-2-26(13-14-6-4-3-5-7-14)20(27)18-10-11-19(25-24-18)23-15-8-9-16(21)17(22)12-15/h3-12H,2,13H2,1H3,(H,23,25). The first kappa shape index (κ1) is 18.4. The maximum absolute atomic E-state index is 13.3. The summed E-state index contributed by atoms with van der Waals surface area (Å²) in [4.78, 5) is 14.3. The highest BCUT2D eigenvalue weighted by Gasteiger charge is 2.16. The van der Waals surface area contributed by atoms with E-state index in [1.54, 1.807) is 17.0 Å². The van der Waals surface area contributed by atoms with Crippen molar-refractivity contribution in [2.75, 3.05) is 11.9 Å². The summed E-state index contributed by atoms with van der Waals surface area (Å²) in [5.41, 5.74) is 1.57. The van der Waals surface area contributed by atoms with Crippen molar-refractivity contribution in [1.29, 1.82) is 0 Å². The van der Waals surface area contributed by atoms with E-state index in [4.69, 9.17) is 0 Å². The fourth-order valence-electron chi connectivity index (χ4n) is 2.53. The van der Waals surface area contributed by atoms with Gasteiger partial charge in [0.05, 0.1) is 0 Å². The molecule has 0 saturated heterocycles. The first-order valence-electron chi connectivity index (χ1n) is 8.46. The van der Waals surface area contributed by atoms with E-state index in [0.29, 0.717) is 24.6 Å². The number of anilines is 2. The number of carbonyl (C=O) groups excluding carboxylic acids is 1. The molecule has 0 aliphatic heterocycles. The third-order valence-electron chi connectivity index (χ3n) is 3.96. The predicted molar refractivity (Wildman–Crippen MR) is 98.5 cm³/mol. The summed E-state index contributed by atoms with van der Waals surface area (Å²) in [5.74, 6) is -1.79. The summed E-state index contributed by atoms with van der Waals surface area (Å²) in [6.45, 7) is 2.91. The van der Waals surface area contributed by atoms with Crippen molar-refractivity contribution in [3.63, 3.8) is 0 Å². The first-order valence-corrected chi connectivity index (χ1v) is 8.46. The van der Waals surface area contributed by atoms with Gasteiger partial charge in [-0.1, -0.05) is 30.3 Å². The minimum Gasteiger partial charge on any atom is -0.339 e. The van der Waals surface area contributed by atoms with Gasteiger partial charge in [-0.2, -0.15) is 0 Å². The highest BCUT2D eigenvalue weighted by Crippen LogP contribution is 2.17. The molecule has 138 valence electrons. The van der Waals surface area contributed by atoms with Gasteiger partial charge in [-0.3, -0.25) is 4.79 Å². The van der Waals surface area contributed by atoms with Crippen molar-refractivity contribution in [3.05, 3.63) is 83.6 Å². The monoisotopic (exact) mass is 368 g/mol. The van der Waals surface area contributed by atoms with Gasteiger partial charge >= 0.3 is 0 Å². The number of halogens is 2. The van der Waals surface area contributed by atoms with Gasteiger partial charge in [0.2, 0.25) is 0 Å². The molecular weight excluding hydrogens is 350 g/mol. The van der Waals surface area contributed by atoms with Gasteiger partial charge in [-0.05, 0) is 36.8 Å². The quantitative estimate of drug-likeness (QED) is 0.710. The van der Waals surface area contributed by atoms with Crippen molar-refractivity contribution < 1.29 is 13.6 Å². The summed E-state index contributed by atoms with van der Waals surface area (Å²) in [6.07, 6.45) is 0. The van der Waals surface area contributed by atoms with Crippen LogP contribution in [0.1, 0.15) is 23.0 Å². The Hall–Kier alpha value is -3.35. The Morgan fingerprint density at radius 2 is 1.78 bits per heavy atom. The van der Waals surface area contributed by atoms with E-state index in [-0.39, 0.29) is 11.6 Å². The number of amides is 1. The lowest BCUT2D eigenvalue weighted by Gasteiger charge is -2.20. The molecule has 2 aromatic carbocycles. The van der Waals surface area contributed by atoms with E-state index >= 15 is 0 Å². The van der Waals surface area contributed by atoms with Gasteiger partial charge in [0, 0.05) is 24.8 Å². The minimum atomic E-state index is -0.959. The molecule has 0 aliphatic carbocycles. The van der Waals surface area contributed by atoms with Crippen LogP contribution in [0.3, 0.4) is 0 Å². The zero-order chi connectivity index (χ0) is 19.2. The molecule has 7 heteroatoms. The van der Waals surface area contributed by atoms with E-state index in [0.717, 1.165) is 17.7 Å². The molecule has 1 N–H and O–H groups in total. The van der Waals surface area contributed by atoms with Crippen molar-refractivity contribution in [1.82, 2.24) is 15.1 Å². The van der Waals surface area contributed by atoms with Crippen LogP contribution in [-0.4, -0.2) is 27.5 Å². The van der Waals surface area contributed by atoms with Crippen molar-refractivity contribution in [2.45, 2.75) is 13.5 Å². The molecule has 3 aromatic rings. The Balaban J connectivity index is 1.69. The van der Waals surface area contributed by atoms with Crippen LogP contribution >= 0.6 is 0 Å².